The van der Waals surface area contributed by atoms with Crippen LogP contribution in [0, 0.1) is 0 Å². The molecule has 0 aliphatic carbocycles. The molecule has 0 bridgehead atoms. The molecule has 0 unspecified atom stereocenters. The van der Waals surface area contributed by atoms with Crippen LogP contribution in [-0.4, -0.2) is 13.6 Å². The molecule has 0 aliphatic rings. The average molecular weight is 257 g/mol. The first-order chi connectivity index (χ1) is 8.54. The molecule has 1 aromatic carbocycles. The van der Waals surface area contributed by atoms with E-state index in [0.717, 1.165) is 24.6 Å². The summed E-state index contributed by atoms with van der Waals surface area (Å²) >= 11 is 0. The fourth-order valence-corrected chi connectivity index (χ4v) is 1.98. The van der Waals surface area contributed by atoms with Gasteiger partial charge in [0.05, 0.1) is 11.8 Å². The molecule has 0 spiro atoms. The summed E-state index contributed by atoms with van der Waals surface area (Å²) in [5.41, 5.74) is 0.0516. The van der Waals surface area contributed by atoms with Crippen molar-refractivity contribution >= 4 is 11.0 Å². The van der Waals surface area contributed by atoms with E-state index in [0.29, 0.717) is 11.8 Å². The first kappa shape index (κ1) is 13.0. The van der Waals surface area contributed by atoms with Gasteiger partial charge in [0.2, 0.25) is 0 Å². The quantitative estimate of drug-likeness (QED) is 0.846. The second-order valence-electron chi connectivity index (χ2n) is 4.15. The number of para-hydroxylation sites is 1. The van der Waals surface area contributed by atoms with Crippen LogP contribution in [0.2, 0.25) is 0 Å². The Hall–Kier alpha value is -1.49. The van der Waals surface area contributed by atoms with Crippen LogP contribution in [0.15, 0.2) is 28.9 Å². The van der Waals surface area contributed by atoms with Gasteiger partial charge in [-0.25, -0.2) is 0 Å². The van der Waals surface area contributed by atoms with Crippen LogP contribution in [-0.2, 0) is 12.6 Å². The SMILES string of the molecule is CNCCCc1coc2c(C(F)(F)F)cccc12. The molecule has 0 atom stereocenters. The summed E-state index contributed by atoms with van der Waals surface area (Å²) in [6.45, 7) is 0.825. The van der Waals surface area contributed by atoms with Gasteiger partial charge in [0.25, 0.3) is 0 Å². The molecule has 2 nitrogen and oxygen atoms in total. The van der Waals surface area contributed by atoms with Crippen LogP contribution < -0.4 is 5.32 Å². The number of furan rings is 1. The first-order valence-corrected chi connectivity index (χ1v) is 5.75. The third kappa shape index (κ3) is 2.51. The van der Waals surface area contributed by atoms with Crippen molar-refractivity contribution in [3.05, 3.63) is 35.6 Å². The zero-order valence-electron chi connectivity index (χ0n) is 9.97. The third-order valence-electron chi connectivity index (χ3n) is 2.86. The maximum absolute atomic E-state index is 12.8. The van der Waals surface area contributed by atoms with Crippen molar-refractivity contribution in [3.8, 4) is 0 Å². The minimum absolute atomic E-state index is 0.0653. The predicted molar refractivity (Wildman–Crippen MR) is 63.5 cm³/mol. The van der Waals surface area contributed by atoms with Gasteiger partial charge in [0.15, 0.2) is 0 Å². The maximum atomic E-state index is 12.8. The fraction of sp³-hybridized carbons (Fsp3) is 0.385. The molecule has 0 aliphatic heterocycles. The number of fused-ring (bicyclic) bond motifs is 1. The zero-order valence-corrected chi connectivity index (χ0v) is 9.97. The molecule has 1 heterocycles. The highest BCUT2D eigenvalue weighted by Crippen LogP contribution is 2.36. The van der Waals surface area contributed by atoms with Crippen molar-refractivity contribution in [3.63, 3.8) is 0 Å². The molecule has 0 radical (unpaired) electrons. The number of aryl methyl sites for hydroxylation is 1. The van der Waals surface area contributed by atoms with Crippen LogP contribution >= 0.6 is 0 Å². The highest BCUT2D eigenvalue weighted by atomic mass is 19.4. The first-order valence-electron chi connectivity index (χ1n) is 5.75. The molecule has 0 saturated carbocycles. The lowest BCUT2D eigenvalue weighted by Crippen LogP contribution is -2.08. The van der Waals surface area contributed by atoms with Crippen LogP contribution in [0.3, 0.4) is 0 Å². The van der Waals surface area contributed by atoms with Gasteiger partial charge >= 0.3 is 6.18 Å². The molecule has 0 saturated heterocycles. The van der Waals surface area contributed by atoms with E-state index in [9.17, 15) is 13.2 Å². The minimum atomic E-state index is -4.38. The van der Waals surface area contributed by atoms with Crippen molar-refractivity contribution < 1.29 is 17.6 Å². The van der Waals surface area contributed by atoms with Gasteiger partial charge in [-0.2, -0.15) is 13.2 Å². The van der Waals surface area contributed by atoms with Crippen molar-refractivity contribution in [2.45, 2.75) is 19.0 Å². The summed E-state index contributed by atoms with van der Waals surface area (Å²) in [6.07, 6.45) is -1.38. The van der Waals surface area contributed by atoms with Gasteiger partial charge in [-0.15, -0.1) is 0 Å². The Labute approximate surface area is 103 Å². The Bertz CT molecular complexity index is 531. The normalized spacial score (nSPS) is 12.2. The number of benzene rings is 1. The van der Waals surface area contributed by atoms with Crippen LogP contribution in [0.1, 0.15) is 17.5 Å². The topological polar surface area (TPSA) is 25.2 Å². The van der Waals surface area contributed by atoms with E-state index in [1.54, 1.807) is 6.07 Å². The summed E-state index contributed by atoms with van der Waals surface area (Å²) in [6, 6.07) is 4.13. The number of hydrogen-bond acceptors (Lipinski definition) is 2. The highest BCUT2D eigenvalue weighted by Gasteiger charge is 2.34. The lowest BCUT2D eigenvalue weighted by molar-refractivity contribution is -0.136. The molecule has 98 valence electrons. The van der Waals surface area contributed by atoms with Gasteiger partial charge in [-0.05, 0) is 38.1 Å². The molecule has 18 heavy (non-hydrogen) atoms. The largest absolute Gasteiger partial charge is 0.463 e. The Morgan fingerprint density at radius 2 is 2.06 bits per heavy atom. The smallest absolute Gasteiger partial charge is 0.420 e. The molecule has 0 amide bonds. The zero-order chi connectivity index (χ0) is 13.2. The van der Waals surface area contributed by atoms with E-state index in [-0.39, 0.29) is 5.58 Å². The van der Waals surface area contributed by atoms with Crippen molar-refractivity contribution in [1.29, 1.82) is 0 Å². The molecular formula is C13H14F3NO. The van der Waals surface area contributed by atoms with E-state index < -0.39 is 11.7 Å². The number of halogens is 3. The standard InChI is InChI=1S/C13H14F3NO/c1-17-7-3-4-9-8-18-12-10(9)5-2-6-11(12)13(14,15)16/h2,5-6,8,17H,3-4,7H2,1H3. The number of alkyl halides is 3. The van der Waals surface area contributed by atoms with Crippen molar-refractivity contribution in [2.24, 2.45) is 0 Å². The van der Waals surface area contributed by atoms with Crippen molar-refractivity contribution in [2.75, 3.05) is 13.6 Å². The second-order valence-corrected chi connectivity index (χ2v) is 4.15. The average Bonchev–Trinajstić information content (AvgIpc) is 2.71. The van der Waals surface area contributed by atoms with Crippen LogP contribution in [0.4, 0.5) is 13.2 Å². The molecule has 2 rings (SSSR count). The molecule has 0 fully saturated rings. The van der Waals surface area contributed by atoms with Crippen molar-refractivity contribution in [1.82, 2.24) is 5.32 Å². The van der Waals surface area contributed by atoms with E-state index in [1.165, 1.54) is 12.3 Å². The van der Waals surface area contributed by atoms with Gasteiger partial charge in [0, 0.05) is 5.39 Å². The van der Waals surface area contributed by atoms with Crippen LogP contribution in [0.5, 0.6) is 0 Å². The number of rotatable bonds is 4. The lowest BCUT2D eigenvalue weighted by atomic mass is 10.1. The molecule has 1 N–H and O–H groups in total. The summed E-state index contributed by atoms with van der Waals surface area (Å²) < 4.78 is 43.4. The predicted octanol–water partition coefficient (Wildman–Crippen LogP) is 3.60. The van der Waals surface area contributed by atoms with Gasteiger partial charge in [-0.1, -0.05) is 12.1 Å². The number of nitrogens with one attached hydrogen (secondary N) is 1. The Balaban J connectivity index is 2.36. The van der Waals surface area contributed by atoms with Gasteiger partial charge in [0.1, 0.15) is 5.58 Å². The van der Waals surface area contributed by atoms with E-state index in [1.807, 2.05) is 7.05 Å². The Kier molecular flexibility index (Phi) is 3.61. The van der Waals surface area contributed by atoms with E-state index in [2.05, 4.69) is 5.32 Å². The molecule has 1 aromatic heterocycles. The van der Waals surface area contributed by atoms with E-state index in [4.69, 9.17) is 4.42 Å². The van der Waals surface area contributed by atoms with E-state index >= 15 is 0 Å². The summed E-state index contributed by atoms with van der Waals surface area (Å²) in [7, 11) is 1.84. The molecule has 2 aromatic rings. The fourth-order valence-electron chi connectivity index (χ4n) is 1.98. The second kappa shape index (κ2) is 5.02. The monoisotopic (exact) mass is 257 g/mol. The lowest BCUT2D eigenvalue weighted by Gasteiger charge is -2.06. The summed E-state index contributed by atoms with van der Waals surface area (Å²) in [5, 5.41) is 3.56. The van der Waals surface area contributed by atoms with Gasteiger partial charge in [-0.3, -0.25) is 0 Å². The minimum Gasteiger partial charge on any atom is -0.463 e. The van der Waals surface area contributed by atoms with Gasteiger partial charge < -0.3 is 9.73 Å². The van der Waals surface area contributed by atoms with Crippen LogP contribution in [0.25, 0.3) is 11.0 Å². The Morgan fingerprint density at radius 1 is 1.28 bits per heavy atom. The third-order valence-corrected chi connectivity index (χ3v) is 2.86. The number of hydrogen-bond donors (Lipinski definition) is 1. The molecular weight excluding hydrogens is 243 g/mol. The highest BCUT2D eigenvalue weighted by molar-refractivity contribution is 5.84. The Morgan fingerprint density at radius 3 is 2.72 bits per heavy atom. The maximum Gasteiger partial charge on any atom is 0.420 e. The summed E-state index contributed by atoms with van der Waals surface area (Å²) in [5.74, 6) is 0. The summed E-state index contributed by atoms with van der Waals surface area (Å²) in [4.78, 5) is 0. The molecule has 5 heteroatoms.